The maximum atomic E-state index is 12.5. The van der Waals surface area contributed by atoms with E-state index in [9.17, 15) is 14.4 Å². The molecule has 1 aromatic rings. The number of benzene rings is 1. The van der Waals surface area contributed by atoms with Crippen LogP contribution in [0.25, 0.3) is 0 Å². The zero-order valence-electron chi connectivity index (χ0n) is 15.1. The molecule has 5 atom stereocenters. The first-order chi connectivity index (χ1) is 13.0. The maximum Gasteiger partial charge on any atom is 0.310 e. The molecule has 2 saturated carbocycles. The summed E-state index contributed by atoms with van der Waals surface area (Å²) in [5, 5.41) is 2.65. The highest BCUT2D eigenvalue weighted by atomic mass is 16.6. The molecule has 0 unspecified atom stereocenters. The third-order valence-corrected chi connectivity index (χ3v) is 5.78. The quantitative estimate of drug-likeness (QED) is 0.750. The summed E-state index contributed by atoms with van der Waals surface area (Å²) >= 11 is 0. The SMILES string of the molecule is COc1ccc(OC)c(NC(=O)COC(=O)[C@@H]2[C@@H]3C[C@@H]4[C@H]2C(=O)O[C@H]4C3)c1. The summed E-state index contributed by atoms with van der Waals surface area (Å²) in [5.74, 6) is -0.980. The smallest absolute Gasteiger partial charge is 0.310 e. The molecular formula is C19H21NO7. The highest BCUT2D eigenvalue weighted by Crippen LogP contribution is 2.57. The molecule has 2 bridgehead atoms. The van der Waals surface area contributed by atoms with Crippen LogP contribution in [0, 0.1) is 23.7 Å². The molecule has 4 rings (SSSR count). The van der Waals surface area contributed by atoms with Gasteiger partial charge in [-0.1, -0.05) is 0 Å². The topological polar surface area (TPSA) is 100 Å². The minimum atomic E-state index is -0.502. The molecule has 8 heteroatoms. The highest BCUT2D eigenvalue weighted by Gasteiger charge is 2.64. The molecule has 2 aliphatic carbocycles. The van der Waals surface area contributed by atoms with Crippen molar-refractivity contribution in [1.82, 2.24) is 0 Å². The molecule has 0 spiro atoms. The normalized spacial score (nSPS) is 30.0. The van der Waals surface area contributed by atoms with Crippen molar-refractivity contribution in [2.75, 3.05) is 26.1 Å². The molecule has 0 aromatic heterocycles. The van der Waals surface area contributed by atoms with Gasteiger partial charge in [-0.3, -0.25) is 14.4 Å². The number of rotatable bonds is 6. The van der Waals surface area contributed by atoms with Crippen molar-refractivity contribution in [3.8, 4) is 11.5 Å². The zero-order valence-corrected chi connectivity index (χ0v) is 15.1. The van der Waals surface area contributed by atoms with E-state index >= 15 is 0 Å². The Morgan fingerprint density at radius 3 is 2.78 bits per heavy atom. The van der Waals surface area contributed by atoms with Crippen LogP contribution in [0.4, 0.5) is 5.69 Å². The predicted molar refractivity (Wildman–Crippen MR) is 92.2 cm³/mol. The molecular weight excluding hydrogens is 354 g/mol. The summed E-state index contributed by atoms with van der Waals surface area (Å²) in [5.41, 5.74) is 0.417. The van der Waals surface area contributed by atoms with Gasteiger partial charge in [0.25, 0.3) is 5.91 Å². The van der Waals surface area contributed by atoms with E-state index in [0.717, 1.165) is 6.42 Å². The first kappa shape index (κ1) is 17.6. The van der Waals surface area contributed by atoms with Gasteiger partial charge in [-0.15, -0.1) is 0 Å². The Morgan fingerprint density at radius 1 is 1.22 bits per heavy atom. The van der Waals surface area contributed by atoms with Gasteiger partial charge >= 0.3 is 11.9 Å². The van der Waals surface area contributed by atoms with Gasteiger partial charge in [-0.05, 0) is 30.9 Å². The second-order valence-corrected chi connectivity index (χ2v) is 7.14. The van der Waals surface area contributed by atoms with E-state index in [-0.39, 0.29) is 23.9 Å². The fourth-order valence-corrected chi connectivity index (χ4v) is 4.66. The molecule has 1 amide bonds. The summed E-state index contributed by atoms with van der Waals surface area (Å²) in [7, 11) is 3.00. The van der Waals surface area contributed by atoms with Gasteiger partial charge in [0, 0.05) is 12.0 Å². The number of fused-ring (bicyclic) bond motifs is 1. The summed E-state index contributed by atoms with van der Waals surface area (Å²) in [6.07, 6.45) is 1.48. The van der Waals surface area contributed by atoms with Gasteiger partial charge in [-0.2, -0.15) is 0 Å². The van der Waals surface area contributed by atoms with E-state index < -0.39 is 30.3 Å². The van der Waals surface area contributed by atoms with E-state index in [4.69, 9.17) is 18.9 Å². The lowest BCUT2D eigenvalue weighted by molar-refractivity contribution is -0.157. The lowest BCUT2D eigenvalue weighted by Crippen LogP contribution is -2.35. The molecule has 1 aliphatic heterocycles. The average Bonchev–Trinajstić information content (AvgIpc) is 3.28. The number of ether oxygens (including phenoxy) is 4. The Kier molecular flexibility index (Phi) is 4.41. The van der Waals surface area contributed by atoms with Crippen molar-refractivity contribution in [3.63, 3.8) is 0 Å². The second-order valence-electron chi connectivity index (χ2n) is 7.14. The summed E-state index contributed by atoms with van der Waals surface area (Å²) in [4.78, 5) is 36.7. The second kappa shape index (κ2) is 6.75. The first-order valence-corrected chi connectivity index (χ1v) is 8.91. The molecule has 1 saturated heterocycles. The van der Waals surface area contributed by atoms with Gasteiger partial charge in [-0.25, -0.2) is 0 Å². The Bertz CT molecular complexity index is 790. The molecule has 3 fully saturated rings. The Balaban J connectivity index is 1.36. The van der Waals surface area contributed by atoms with Crippen LogP contribution < -0.4 is 14.8 Å². The number of hydrogen-bond donors (Lipinski definition) is 1. The molecule has 27 heavy (non-hydrogen) atoms. The third-order valence-electron chi connectivity index (χ3n) is 5.78. The van der Waals surface area contributed by atoms with Crippen molar-refractivity contribution in [2.24, 2.45) is 23.7 Å². The highest BCUT2D eigenvalue weighted by molar-refractivity contribution is 5.95. The zero-order chi connectivity index (χ0) is 19.1. The van der Waals surface area contributed by atoms with Crippen molar-refractivity contribution in [1.29, 1.82) is 0 Å². The molecule has 1 heterocycles. The number of amides is 1. The van der Waals surface area contributed by atoms with E-state index in [1.807, 2.05) is 0 Å². The Labute approximate surface area is 156 Å². The minimum Gasteiger partial charge on any atom is -0.497 e. The van der Waals surface area contributed by atoms with Gasteiger partial charge in [0.15, 0.2) is 6.61 Å². The number of carbonyl (C=O) groups excluding carboxylic acids is 3. The Morgan fingerprint density at radius 2 is 2.04 bits per heavy atom. The average molecular weight is 375 g/mol. The number of hydrogen-bond acceptors (Lipinski definition) is 7. The van der Waals surface area contributed by atoms with Gasteiger partial charge < -0.3 is 24.3 Å². The van der Waals surface area contributed by atoms with E-state index in [2.05, 4.69) is 5.32 Å². The molecule has 3 aliphatic rings. The minimum absolute atomic E-state index is 0.0413. The molecule has 144 valence electrons. The number of nitrogens with one attached hydrogen (secondary N) is 1. The van der Waals surface area contributed by atoms with Crippen molar-refractivity contribution >= 4 is 23.5 Å². The molecule has 1 aromatic carbocycles. The standard InChI is InChI=1S/C19H21NO7/c1-24-10-3-4-13(25-2)12(7-10)20-15(21)8-26-18(22)16-9-5-11-14(6-9)27-19(23)17(11)16/h3-4,7,9,11,14,16-17H,5-6,8H2,1-2H3,(H,20,21)/t9-,11+,14+,16-,17-/m1/s1. The largest absolute Gasteiger partial charge is 0.497 e. The van der Waals surface area contributed by atoms with Gasteiger partial charge in [0.2, 0.25) is 0 Å². The van der Waals surface area contributed by atoms with Gasteiger partial charge in [0.1, 0.15) is 17.6 Å². The van der Waals surface area contributed by atoms with Crippen molar-refractivity contribution < 1.29 is 33.3 Å². The van der Waals surface area contributed by atoms with Crippen LogP contribution in [0.15, 0.2) is 18.2 Å². The molecule has 0 radical (unpaired) electrons. The predicted octanol–water partition coefficient (Wildman–Crippen LogP) is 1.38. The maximum absolute atomic E-state index is 12.5. The molecule has 8 nitrogen and oxygen atoms in total. The summed E-state index contributed by atoms with van der Waals surface area (Å²) in [6.45, 7) is -0.432. The van der Waals surface area contributed by atoms with Crippen LogP contribution in [0.5, 0.6) is 11.5 Å². The van der Waals surface area contributed by atoms with Crippen molar-refractivity contribution in [3.05, 3.63) is 18.2 Å². The summed E-state index contributed by atoms with van der Waals surface area (Å²) < 4.78 is 20.9. The van der Waals surface area contributed by atoms with Crippen LogP contribution in [-0.4, -0.2) is 44.8 Å². The van der Waals surface area contributed by atoms with E-state index in [1.165, 1.54) is 14.2 Å². The number of anilines is 1. The number of methoxy groups -OCH3 is 2. The lowest BCUT2D eigenvalue weighted by Gasteiger charge is -2.22. The monoisotopic (exact) mass is 375 g/mol. The van der Waals surface area contributed by atoms with Crippen LogP contribution in [0.1, 0.15) is 12.8 Å². The van der Waals surface area contributed by atoms with Gasteiger partial charge in [0.05, 0.1) is 31.7 Å². The fraction of sp³-hybridized carbons (Fsp3) is 0.526. The Hall–Kier alpha value is -2.77. The van der Waals surface area contributed by atoms with Crippen molar-refractivity contribution in [2.45, 2.75) is 18.9 Å². The third kappa shape index (κ3) is 2.98. The van der Waals surface area contributed by atoms with Crippen LogP contribution in [-0.2, 0) is 23.9 Å². The van der Waals surface area contributed by atoms with E-state index in [0.29, 0.717) is 23.6 Å². The van der Waals surface area contributed by atoms with Crippen LogP contribution >= 0.6 is 0 Å². The number of esters is 2. The van der Waals surface area contributed by atoms with Crippen LogP contribution in [0.2, 0.25) is 0 Å². The molecule has 1 N–H and O–H groups in total. The van der Waals surface area contributed by atoms with Crippen LogP contribution in [0.3, 0.4) is 0 Å². The first-order valence-electron chi connectivity index (χ1n) is 8.91. The fourth-order valence-electron chi connectivity index (χ4n) is 4.66. The lowest BCUT2D eigenvalue weighted by atomic mass is 9.80. The van der Waals surface area contributed by atoms with E-state index in [1.54, 1.807) is 18.2 Å². The number of carbonyl (C=O) groups is 3. The summed E-state index contributed by atoms with van der Waals surface area (Å²) in [6, 6.07) is 4.98.